The van der Waals surface area contributed by atoms with Gasteiger partial charge in [-0.1, -0.05) is 35.9 Å². The predicted octanol–water partition coefficient (Wildman–Crippen LogP) is 5.31. The first-order chi connectivity index (χ1) is 16.2. The molecule has 0 atom stereocenters. The molecule has 2 aromatic heterocycles. The van der Waals surface area contributed by atoms with E-state index in [4.69, 9.17) is 21.3 Å². The third kappa shape index (κ3) is 6.11. The van der Waals surface area contributed by atoms with Crippen LogP contribution in [0.4, 0.5) is 0 Å². The molecule has 4 rings (SSSR count). The Morgan fingerprint density at radius 2 is 1.76 bits per heavy atom. The molecular formula is C26H27ClN4O2. The Kier molecular flexibility index (Phi) is 7.93. The Labute approximate surface area is 198 Å². The molecule has 1 N–H and O–H groups in total. The minimum atomic E-state index is -0.0792. The largest absolute Gasteiger partial charge is 0.492 e. The van der Waals surface area contributed by atoms with Gasteiger partial charge in [0.15, 0.2) is 0 Å². The van der Waals surface area contributed by atoms with Crippen molar-refractivity contribution in [2.45, 2.75) is 32.2 Å². The monoisotopic (exact) mass is 462 g/mol. The number of carbonyl (C=O) groups excluding carboxylic acids is 1. The maximum atomic E-state index is 12.2. The molecule has 0 unspecified atom stereocenters. The van der Waals surface area contributed by atoms with E-state index in [-0.39, 0.29) is 5.91 Å². The van der Waals surface area contributed by atoms with E-state index in [1.165, 1.54) is 0 Å². The van der Waals surface area contributed by atoms with Gasteiger partial charge in [-0.15, -0.1) is 0 Å². The van der Waals surface area contributed by atoms with Crippen molar-refractivity contribution in [3.63, 3.8) is 0 Å². The molecule has 0 fully saturated rings. The number of amides is 1. The molecule has 0 saturated heterocycles. The number of pyridine rings is 1. The summed E-state index contributed by atoms with van der Waals surface area (Å²) in [6.45, 7) is 2.08. The van der Waals surface area contributed by atoms with Crippen LogP contribution in [0.15, 0.2) is 73.1 Å². The minimum absolute atomic E-state index is 0.0792. The van der Waals surface area contributed by atoms with Crippen molar-refractivity contribution in [3.05, 3.63) is 89.5 Å². The van der Waals surface area contributed by atoms with Crippen molar-refractivity contribution in [2.75, 3.05) is 13.2 Å². The van der Waals surface area contributed by atoms with Gasteiger partial charge in [-0.3, -0.25) is 9.78 Å². The second-order valence-electron chi connectivity index (χ2n) is 7.75. The van der Waals surface area contributed by atoms with Crippen molar-refractivity contribution in [1.29, 1.82) is 0 Å². The predicted molar refractivity (Wildman–Crippen MR) is 131 cm³/mol. The van der Waals surface area contributed by atoms with E-state index in [0.29, 0.717) is 23.7 Å². The molecule has 0 aliphatic carbocycles. The Hall–Kier alpha value is -3.38. The Balaban J connectivity index is 1.30. The standard InChI is InChI=1S/C26H27ClN4O2/c27-21-8-1-4-11-24(21)33-19-6-5-18-31-23-10-3-2-9-22(23)30-25(31)12-7-15-29-26(32)20-13-16-28-17-14-20/h1-4,8-11,13-14,16-17H,5-7,12,15,18-19H2,(H,29,32). The van der Waals surface area contributed by atoms with E-state index in [1.807, 2.05) is 42.5 Å². The van der Waals surface area contributed by atoms with Crippen LogP contribution in [0.3, 0.4) is 0 Å². The molecule has 170 valence electrons. The second kappa shape index (κ2) is 11.5. The van der Waals surface area contributed by atoms with Gasteiger partial charge >= 0.3 is 0 Å². The summed E-state index contributed by atoms with van der Waals surface area (Å²) in [4.78, 5) is 21.0. The van der Waals surface area contributed by atoms with E-state index in [9.17, 15) is 4.79 Å². The zero-order chi connectivity index (χ0) is 22.9. The molecule has 7 heteroatoms. The number of aromatic nitrogens is 3. The van der Waals surface area contributed by atoms with Crippen LogP contribution in [0.5, 0.6) is 5.75 Å². The molecule has 0 bridgehead atoms. The number of unbranched alkanes of at least 4 members (excludes halogenated alkanes) is 1. The minimum Gasteiger partial charge on any atom is -0.492 e. The lowest BCUT2D eigenvalue weighted by molar-refractivity contribution is 0.0953. The molecule has 0 aliphatic heterocycles. The number of benzene rings is 2. The average Bonchev–Trinajstić information content (AvgIpc) is 3.20. The SMILES string of the molecule is O=C(NCCCc1nc2ccccc2n1CCCCOc1ccccc1Cl)c1ccncc1. The highest BCUT2D eigenvalue weighted by Crippen LogP contribution is 2.23. The zero-order valence-electron chi connectivity index (χ0n) is 18.4. The summed E-state index contributed by atoms with van der Waals surface area (Å²) >= 11 is 6.15. The lowest BCUT2D eigenvalue weighted by Crippen LogP contribution is -2.25. The molecule has 4 aromatic rings. The number of para-hydroxylation sites is 3. The fourth-order valence-electron chi connectivity index (χ4n) is 3.74. The zero-order valence-corrected chi connectivity index (χ0v) is 19.2. The number of hydrogen-bond donors (Lipinski definition) is 1. The van der Waals surface area contributed by atoms with Crippen molar-refractivity contribution < 1.29 is 9.53 Å². The van der Waals surface area contributed by atoms with Gasteiger partial charge in [-0.2, -0.15) is 0 Å². The normalized spacial score (nSPS) is 10.9. The first-order valence-electron chi connectivity index (χ1n) is 11.2. The van der Waals surface area contributed by atoms with Crippen molar-refractivity contribution in [3.8, 4) is 5.75 Å². The number of aryl methyl sites for hydroxylation is 2. The summed E-state index contributed by atoms with van der Waals surface area (Å²) in [6.07, 6.45) is 6.74. The number of nitrogens with zero attached hydrogens (tertiary/aromatic N) is 3. The van der Waals surface area contributed by atoms with Gasteiger partial charge in [0.2, 0.25) is 0 Å². The number of fused-ring (bicyclic) bond motifs is 1. The van der Waals surface area contributed by atoms with Gasteiger partial charge in [0.05, 0.1) is 22.7 Å². The smallest absolute Gasteiger partial charge is 0.251 e. The summed E-state index contributed by atoms with van der Waals surface area (Å²) in [7, 11) is 0. The molecule has 0 saturated carbocycles. The molecular weight excluding hydrogens is 436 g/mol. The van der Waals surface area contributed by atoms with Gasteiger partial charge in [0.25, 0.3) is 5.91 Å². The number of halogens is 1. The van der Waals surface area contributed by atoms with Crippen LogP contribution in [0.2, 0.25) is 5.02 Å². The van der Waals surface area contributed by atoms with E-state index in [2.05, 4.69) is 20.9 Å². The maximum absolute atomic E-state index is 12.2. The quantitative estimate of drug-likeness (QED) is 0.307. The average molecular weight is 463 g/mol. The van der Waals surface area contributed by atoms with E-state index < -0.39 is 0 Å². The molecule has 6 nitrogen and oxygen atoms in total. The van der Waals surface area contributed by atoms with Crippen LogP contribution in [-0.4, -0.2) is 33.6 Å². The van der Waals surface area contributed by atoms with Crippen molar-refractivity contribution >= 4 is 28.5 Å². The number of ether oxygens (including phenoxy) is 1. The number of hydrogen-bond acceptors (Lipinski definition) is 4. The highest BCUT2D eigenvalue weighted by atomic mass is 35.5. The van der Waals surface area contributed by atoms with E-state index in [0.717, 1.165) is 54.8 Å². The molecule has 0 aliphatic rings. The van der Waals surface area contributed by atoms with Crippen LogP contribution in [0, 0.1) is 0 Å². The topological polar surface area (TPSA) is 69.0 Å². The first kappa shape index (κ1) is 22.8. The van der Waals surface area contributed by atoms with Gasteiger partial charge in [0, 0.05) is 37.5 Å². The Bertz CT molecular complexity index is 1190. The summed E-state index contributed by atoms with van der Waals surface area (Å²) < 4.78 is 8.10. The third-order valence-electron chi connectivity index (χ3n) is 5.41. The lowest BCUT2D eigenvalue weighted by Gasteiger charge is -2.11. The van der Waals surface area contributed by atoms with Crippen LogP contribution >= 0.6 is 11.6 Å². The Morgan fingerprint density at radius 3 is 2.61 bits per heavy atom. The fourth-order valence-corrected chi connectivity index (χ4v) is 3.93. The van der Waals surface area contributed by atoms with E-state index >= 15 is 0 Å². The van der Waals surface area contributed by atoms with Crippen molar-refractivity contribution in [1.82, 2.24) is 19.9 Å². The van der Waals surface area contributed by atoms with Gasteiger partial charge in [0.1, 0.15) is 11.6 Å². The van der Waals surface area contributed by atoms with Crippen LogP contribution in [0.1, 0.15) is 35.4 Å². The third-order valence-corrected chi connectivity index (χ3v) is 5.72. The lowest BCUT2D eigenvalue weighted by atomic mass is 10.2. The van der Waals surface area contributed by atoms with Crippen LogP contribution < -0.4 is 10.1 Å². The summed E-state index contributed by atoms with van der Waals surface area (Å²) in [5.74, 6) is 1.69. The molecule has 1 amide bonds. The van der Waals surface area contributed by atoms with Gasteiger partial charge < -0.3 is 14.6 Å². The highest BCUT2D eigenvalue weighted by Gasteiger charge is 2.11. The van der Waals surface area contributed by atoms with Crippen molar-refractivity contribution in [2.24, 2.45) is 0 Å². The fraction of sp³-hybridized carbons (Fsp3) is 0.269. The van der Waals surface area contributed by atoms with Gasteiger partial charge in [-0.25, -0.2) is 4.98 Å². The van der Waals surface area contributed by atoms with E-state index in [1.54, 1.807) is 24.5 Å². The van der Waals surface area contributed by atoms with Crippen LogP contribution in [0.25, 0.3) is 11.0 Å². The molecule has 2 heterocycles. The molecule has 2 aromatic carbocycles. The van der Waals surface area contributed by atoms with Gasteiger partial charge in [-0.05, 0) is 55.7 Å². The summed E-state index contributed by atoms with van der Waals surface area (Å²) in [5.41, 5.74) is 2.76. The van der Waals surface area contributed by atoms with Crippen LogP contribution in [-0.2, 0) is 13.0 Å². The molecule has 33 heavy (non-hydrogen) atoms. The first-order valence-corrected chi connectivity index (χ1v) is 11.6. The number of carbonyl (C=O) groups is 1. The molecule has 0 radical (unpaired) electrons. The second-order valence-corrected chi connectivity index (χ2v) is 8.16. The maximum Gasteiger partial charge on any atom is 0.251 e. The number of rotatable bonds is 11. The number of imidazole rings is 1. The highest BCUT2D eigenvalue weighted by molar-refractivity contribution is 6.32. The summed E-state index contributed by atoms with van der Waals surface area (Å²) in [5, 5.41) is 3.61. The Morgan fingerprint density at radius 1 is 0.970 bits per heavy atom. The number of nitrogens with one attached hydrogen (secondary N) is 1. The summed E-state index contributed by atoms with van der Waals surface area (Å²) in [6, 6.07) is 19.2. The molecule has 0 spiro atoms.